The van der Waals surface area contributed by atoms with Crippen LogP contribution in [0.4, 0.5) is 17.6 Å². The van der Waals surface area contributed by atoms with Crippen molar-refractivity contribution >= 4 is 57.1 Å². The zero-order valence-corrected chi connectivity index (χ0v) is 16.9. The fourth-order valence-electron chi connectivity index (χ4n) is 3.36. The minimum atomic E-state index is -0.441. The van der Waals surface area contributed by atoms with Gasteiger partial charge in [0.1, 0.15) is 0 Å². The summed E-state index contributed by atoms with van der Waals surface area (Å²) in [5.41, 5.74) is 14.2. The molecule has 0 unspecified atom stereocenters. The van der Waals surface area contributed by atoms with E-state index in [1.807, 2.05) is 30.3 Å². The van der Waals surface area contributed by atoms with E-state index < -0.39 is 5.25 Å². The largest absolute Gasteiger partial charge is 0.368 e. The van der Waals surface area contributed by atoms with Gasteiger partial charge in [0, 0.05) is 28.5 Å². The second-order valence-electron chi connectivity index (χ2n) is 6.58. The van der Waals surface area contributed by atoms with Gasteiger partial charge in [-0.25, -0.2) is 0 Å². The molecule has 2 aromatic heterocycles. The van der Waals surface area contributed by atoms with Crippen molar-refractivity contribution in [3.05, 3.63) is 42.5 Å². The molecule has 29 heavy (non-hydrogen) atoms. The van der Waals surface area contributed by atoms with Crippen molar-refractivity contribution < 1.29 is 4.79 Å². The first-order chi connectivity index (χ1) is 14.0. The van der Waals surface area contributed by atoms with E-state index in [-0.39, 0.29) is 17.8 Å². The molecule has 8 nitrogen and oxygen atoms in total. The van der Waals surface area contributed by atoms with E-state index in [9.17, 15) is 4.79 Å². The average Bonchev–Trinajstić information content (AvgIpc) is 3.00. The molecule has 2 heterocycles. The van der Waals surface area contributed by atoms with Gasteiger partial charge >= 0.3 is 0 Å². The number of rotatable bonds is 5. The number of carbonyl (C=O) groups excluding carboxylic acids is 1. The summed E-state index contributed by atoms with van der Waals surface area (Å²) in [6.07, 6.45) is 0. The zero-order chi connectivity index (χ0) is 20.5. The number of carbonyl (C=O) groups is 1. The molecule has 9 heteroatoms. The summed E-state index contributed by atoms with van der Waals surface area (Å²) in [6.45, 7) is 4.73. The number of nitrogens with two attached hydrogens (primary N) is 2. The van der Waals surface area contributed by atoms with E-state index >= 15 is 0 Å². The third kappa shape index (κ3) is 3.68. The van der Waals surface area contributed by atoms with Gasteiger partial charge in [-0.1, -0.05) is 36.0 Å². The molecule has 1 amide bonds. The number of amides is 1. The average molecular weight is 408 g/mol. The number of aromatic nitrogens is 4. The molecule has 4 rings (SSSR count). The topological polar surface area (TPSA) is 125 Å². The van der Waals surface area contributed by atoms with Gasteiger partial charge in [0.2, 0.25) is 17.8 Å². The minimum absolute atomic E-state index is 0.0328. The Balaban J connectivity index is 1.58. The molecule has 148 valence electrons. The van der Waals surface area contributed by atoms with Gasteiger partial charge in [-0.3, -0.25) is 4.79 Å². The summed E-state index contributed by atoms with van der Waals surface area (Å²) < 4.78 is 2.24. The SMILES string of the molecule is CCn1c2ccccc2c2ccc(NC(=O)[C@H](C)Sc3nc(N)nc(N)n3)cc21. The number of fused-ring (bicyclic) bond motifs is 3. The van der Waals surface area contributed by atoms with E-state index in [4.69, 9.17) is 11.5 Å². The van der Waals surface area contributed by atoms with E-state index in [1.54, 1.807) is 6.92 Å². The number of hydrogen-bond donors (Lipinski definition) is 3. The number of aryl methyl sites for hydroxylation is 1. The van der Waals surface area contributed by atoms with Crippen LogP contribution in [0, 0.1) is 0 Å². The first-order valence-corrected chi connectivity index (χ1v) is 10.1. The van der Waals surface area contributed by atoms with E-state index in [0.717, 1.165) is 17.7 Å². The number of thioether (sulfide) groups is 1. The Morgan fingerprint density at radius 1 is 1.07 bits per heavy atom. The summed E-state index contributed by atoms with van der Waals surface area (Å²) >= 11 is 1.17. The molecule has 4 aromatic rings. The third-order valence-electron chi connectivity index (χ3n) is 4.66. The predicted octanol–water partition coefficient (Wildman–Crippen LogP) is 3.28. The molecular weight excluding hydrogens is 386 g/mol. The number of benzene rings is 2. The van der Waals surface area contributed by atoms with Crippen LogP contribution in [0.1, 0.15) is 13.8 Å². The second-order valence-corrected chi connectivity index (χ2v) is 7.89. The smallest absolute Gasteiger partial charge is 0.237 e. The van der Waals surface area contributed by atoms with Gasteiger partial charge in [-0.15, -0.1) is 0 Å². The van der Waals surface area contributed by atoms with Crippen molar-refractivity contribution in [1.29, 1.82) is 0 Å². The number of nitrogen functional groups attached to an aromatic ring is 2. The van der Waals surface area contributed by atoms with Gasteiger partial charge in [-0.05, 0) is 32.0 Å². The van der Waals surface area contributed by atoms with Crippen molar-refractivity contribution in [2.75, 3.05) is 16.8 Å². The van der Waals surface area contributed by atoms with Gasteiger partial charge < -0.3 is 21.4 Å². The van der Waals surface area contributed by atoms with Crippen LogP contribution < -0.4 is 16.8 Å². The molecule has 1 atom stereocenters. The normalized spacial score (nSPS) is 12.3. The molecule has 0 aliphatic heterocycles. The highest BCUT2D eigenvalue weighted by molar-refractivity contribution is 8.00. The fourth-order valence-corrected chi connectivity index (χ4v) is 4.14. The summed E-state index contributed by atoms with van der Waals surface area (Å²) in [5.74, 6) is -0.0954. The molecule has 0 spiro atoms. The van der Waals surface area contributed by atoms with Crippen LogP contribution in [0.5, 0.6) is 0 Å². The monoisotopic (exact) mass is 407 g/mol. The molecular formula is C20H21N7OS. The molecule has 0 aliphatic carbocycles. The quantitative estimate of drug-likeness (QED) is 0.434. The van der Waals surface area contributed by atoms with Gasteiger partial charge in [0.05, 0.1) is 10.8 Å². The van der Waals surface area contributed by atoms with Gasteiger partial charge in [-0.2, -0.15) is 15.0 Å². The predicted molar refractivity (Wildman–Crippen MR) is 118 cm³/mol. The Kier molecular flexibility index (Phi) is 4.98. The molecule has 0 bridgehead atoms. The number of para-hydroxylation sites is 1. The van der Waals surface area contributed by atoms with Gasteiger partial charge in [0.15, 0.2) is 5.16 Å². The Hall–Kier alpha value is -3.33. The van der Waals surface area contributed by atoms with E-state index in [1.165, 1.54) is 28.1 Å². The summed E-state index contributed by atoms with van der Waals surface area (Å²) in [7, 11) is 0. The van der Waals surface area contributed by atoms with E-state index in [0.29, 0.717) is 5.16 Å². The highest BCUT2D eigenvalue weighted by atomic mass is 32.2. The first-order valence-electron chi connectivity index (χ1n) is 9.21. The highest BCUT2D eigenvalue weighted by Crippen LogP contribution is 2.31. The first kappa shape index (κ1) is 19.0. The van der Waals surface area contributed by atoms with Crippen molar-refractivity contribution in [1.82, 2.24) is 19.5 Å². The Bertz CT molecular complexity index is 1200. The van der Waals surface area contributed by atoms with Crippen molar-refractivity contribution in [2.24, 2.45) is 0 Å². The van der Waals surface area contributed by atoms with E-state index in [2.05, 4.69) is 43.9 Å². The molecule has 2 aromatic carbocycles. The number of nitrogens with one attached hydrogen (secondary N) is 1. The molecule has 5 N–H and O–H groups in total. The number of anilines is 3. The third-order valence-corrected chi connectivity index (χ3v) is 5.62. The fraction of sp³-hybridized carbons (Fsp3) is 0.200. The van der Waals surface area contributed by atoms with Crippen LogP contribution in [-0.4, -0.2) is 30.7 Å². The number of hydrogen-bond acceptors (Lipinski definition) is 7. The van der Waals surface area contributed by atoms with Crippen molar-refractivity contribution in [3.8, 4) is 0 Å². The molecule has 0 saturated heterocycles. The molecule has 0 saturated carbocycles. The Morgan fingerprint density at radius 3 is 2.48 bits per heavy atom. The lowest BCUT2D eigenvalue weighted by Gasteiger charge is -2.12. The maximum absolute atomic E-state index is 12.7. The van der Waals surface area contributed by atoms with Crippen molar-refractivity contribution in [3.63, 3.8) is 0 Å². The lowest BCUT2D eigenvalue weighted by atomic mass is 10.1. The Morgan fingerprint density at radius 2 is 1.76 bits per heavy atom. The summed E-state index contributed by atoms with van der Waals surface area (Å²) in [5, 5.41) is 5.22. The summed E-state index contributed by atoms with van der Waals surface area (Å²) in [4.78, 5) is 24.4. The minimum Gasteiger partial charge on any atom is -0.368 e. The molecule has 0 fully saturated rings. The van der Waals surface area contributed by atoms with Crippen LogP contribution in [0.25, 0.3) is 21.8 Å². The standard InChI is InChI=1S/C20H21N7OS/c1-3-27-15-7-5-4-6-13(15)14-9-8-12(10-16(14)27)23-17(28)11(2)29-20-25-18(21)24-19(22)26-20/h4-11H,3H2,1-2H3,(H,23,28)(H4,21,22,24,25,26)/t11-/m0/s1. The van der Waals surface area contributed by atoms with Crippen LogP contribution in [-0.2, 0) is 11.3 Å². The zero-order valence-electron chi connectivity index (χ0n) is 16.1. The maximum atomic E-state index is 12.7. The van der Waals surface area contributed by atoms with Gasteiger partial charge in [0.25, 0.3) is 0 Å². The Labute approximate surface area is 171 Å². The van der Waals surface area contributed by atoms with Crippen molar-refractivity contribution in [2.45, 2.75) is 30.8 Å². The summed E-state index contributed by atoms with van der Waals surface area (Å²) in [6, 6.07) is 14.3. The lowest BCUT2D eigenvalue weighted by molar-refractivity contribution is -0.115. The lowest BCUT2D eigenvalue weighted by Crippen LogP contribution is -2.23. The maximum Gasteiger partial charge on any atom is 0.237 e. The molecule has 0 radical (unpaired) electrons. The second kappa shape index (κ2) is 7.59. The van der Waals surface area contributed by atoms with Crippen LogP contribution in [0.2, 0.25) is 0 Å². The highest BCUT2D eigenvalue weighted by Gasteiger charge is 2.18. The van der Waals surface area contributed by atoms with Crippen LogP contribution in [0.3, 0.4) is 0 Å². The molecule has 0 aliphatic rings. The van der Waals surface area contributed by atoms with Crippen LogP contribution >= 0.6 is 11.8 Å². The number of nitrogens with zero attached hydrogens (tertiary/aromatic N) is 4. The van der Waals surface area contributed by atoms with Crippen LogP contribution in [0.15, 0.2) is 47.6 Å².